The maximum absolute atomic E-state index is 12.4. The van der Waals surface area contributed by atoms with Crippen LogP contribution >= 0.6 is 0 Å². The average Bonchev–Trinajstić information content (AvgIpc) is 2.61. The Hall–Kier alpha value is -3.13. The first kappa shape index (κ1) is 16.2. The predicted octanol–water partition coefficient (Wildman–Crippen LogP) is 2.75. The van der Waals surface area contributed by atoms with Gasteiger partial charge in [0, 0.05) is 12.0 Å². The molecule has 0 aliphatic carbocycles. The summed E-state index contributed by atoms with van der Waals surface area (Å²) in [5.74, 6) is -0.995. The van der Waals surface area contributed by atoms with Gasteiger partial charge >= 0.3 is 5.97 Å². The van der Waals surface area contributed by atoms with Crippen molar-refractivity contribution in [3.63, 3.8) is 0 Å². The number of hydrogen-bond acceptors (Lipinski definition) is 3. The number of nitrogens with zero attached hydrogens (tertiary/aromatic N) is 1. The molecule has 0 aromatic heterocycles. The van der Waals surface area contributed by atoms with Crippen LogP contribution in [0.15, 0.2) is 54.6 Å². The molecule has 2 aromatic carbocycles. The number of ether oxygens (including phenoxy) is 1. The maximum atomic E-state index is 12.4. The normalized spacial score (nSPS) is 11.1. The molecule has 2 aromatic rings. The Kier molecular flexibility index (Phi) is 5.48. The summed E-state index contributed by atoms with van der Waals surface area (Å²) in [5, 5.41) is 2.65. The van der Waals surface area contributed by atoms with Crippen molar-refractivity contribution in [2.24, 2.45) is 0 Å². The SMILES string of the molecule is [C-]#[N+]c1ccccc1C(=O)N[C@@H](Cc1ccccc1)C(=O)OC. The first-order chi connectivity index (χ1) is 11.2. The molecule has 0 aliphatic heterocycles. The van der Waals surface area contributed by atoms with Gasteiger partial charge in [-0.2, -0.15) is 0 Å². The first-order valence-electron chi connectivity index (χ1n) is 7.05. The molecule has 0 spiro atoms. The van der Waals surface area contributed by atoms with Gasteiger partial charge in [0.25, 0.3) is 0 Å². The van der Waals surface area contributed by atoms with Gasteiger partial charge in [0.05, 0.1) is 13.7 Å². The van der Waals surface area contributed by atoms with Gasteiger partial charge in [0.1, 0.15) is 6.04 Å². The van der Waals surface area contributed by atoms with Crippen LogP contribution in [-0.2, 0) is 16.0 Å². The van der Waals surface area contributed by atoms with Crippen LogP contribution in [0.3, 0.4) is 0 Å². The number of para-hydroxylation sites is 1. The lowest BCUT2D eigenvalue weighted by atomic mass is 10.1. The van der Waals surface area contributed by atoms with E-state index < -0.39 is 17.9 Å². The molecule has 0 aliphatic rings. The Bertz CT molecular complexity index is 735. The van der Waals surface area contributed by atoms with Crippen molar-refractivity contribution >= 4 is 17.6 Å². The Morgan fingerprint density at radius 2 is 1.78 bits per heavy atom. The van der Waals surface area contributed by atoms with E-state index in [0.29, 0.717) is 6.42 Å². The van der Waals surface area contributed by atoms with Gasteiger partial charge in [0.15, 0.2) is 5.69 Å². The molecule has 1 N–H and O–H groups in total. The van der Waals surface area contributed by atoms with Gasteiger partial charge in [-0.1, -0.05) is 54.6 Å². The van der Waals surface area contributed by atoms with E-state index in [1.807, 2.05) is 30.3 Å². The second kappa shape index (κ2) is 7.76. The summed E-state index contributed by atoms with van der Waals surface area (Å²) in [6, 6.07) is 15.0. The minimum Gasteiger partial charge on any atom is -0.467 e. The van der Waals surface area contributed by atoms with Crippen molar-refractivity contribution in [2.75, 3.05) is 7.11 Å². The minimum absolute atomic E-state index is 0.240. The first-order valence-corrected chi connectivity index (χ1v) is 7.05. The molecule has 116 valence electrons. The Morgan fingerprint density at radius 3 is 2.43 bits per heavy atom. The van der Waals surface area contributed by atoms with Crippen LogP contribution in [0.1, 0.15) is 15.9 Å². The van der Waals surface area contributed by atoms with Gasteiger partial charge in [-0.15, -0.1) is 0 Å². The number of nitrogens with one attached hydrogen (secondary N) is 1. The quantitative estimate of drug-likeness (QED) is 0.682. The average molecular weight is 308 g/mol. The van der Waals surface area contributed by atoms with Crippen molar-refractivity contribution in [1.82, 2.24) is 5.32 Å². The molecule has 0 unspecified atom stereocenters. The molecule has 0 saturated heterocycles. The van der Waals surface area contributed by atoms with Gasteiger partial charge in [-0.3, -0.25) is 4.79 Å². The number of esters is 1. The fourth-order valence-corrected chi connectivity index (χ4v) is 2.18. The molecule has 1 amide bonds. The van der Waals surface area contributed by atoms with Crippen LogP contribution in [-0.4, -0.2) is 25.0 Å². The van der Waals surface area contributed by atoms with E-state index in [4.69, 9.17) is 11.3 Å². The molecule has 1 atom stereocenters. The molecule has 0 bridgehead atoms. The number of carbonyl (C=O) groups excluding carboxylic acids is 2. The highest BCUT2D eigenvalue weighted by Crippen LogP contribution is 2.18. The van der Waals surface area contributed by atoms with E-state index in [-0.39, 0.29) is 11.3 Å². The van der Waals surface area contributed by atoms with E-state index in [0.717, 1.165) is 5.56 Å². The second-order valence-corrected chi connectivity index (χ2v) is 4.87. The Balaban J connectivity index is 2.19. The van der Waals surface area contributed by atoms with E-state index in [9.17, 15) is 9.59 Å². The van der Waals surface area contributed by atoms with Gasteiger partial charge < -0.3 is 10.1 Å². The van der Waals surface area contributed by atoms with Crippen LogP contribution in [0.2, 0.25) is 0 Å². The Morgan fingerprint density at radius 1 is 1.13 bits per heavy atom. The molecule has 23 heavy (non-hydrogen) atoms. The molecular formula is C18H16N2O3. The van der Waals surface area contributed by atoms with Gasteiger partial charge in [0.2, 0.25) is 5.91 Å². The predicted molar refractivity (Wildman–Crippen MR) is 86.1 cm³/mol. The number of carbonyl (C=O) groups is 2. The highest BCUT2D eigenvalue weighted by Gasteiger charge is 2.23. The second-order valence-electron chi connectivity index (χ2n) is 4.87. The number of methoxy groups -OCH3 is 1. The van der Waals surface area contributed by atoms with Crippen molar-refractivity contribution in [3.05, 3.63) is 77.1 Å². The summed E-state index contributed by atoms with van der Waals surface area (Å²) in [6.45, 7) is 7.11. The molecule has 0 fully saturated rings. The molecule has 0 heterocycles. The molecule has 5 heteroatoms. The zero-order chi connectivity index (χ0) is 16.7. The standard InChI is InChI=1S/C18H16N2O3/c1-19-15-11-7-6-10-14(15)17(21)20-16(18(22)23-2)12-13-8-4-3-5-9-13/h3-11,16H,12H2,2H3,(H,20,21)/t16-/m0/s1. The number of benzene rings is 2. The van der Waals surface area contributed by atoms with Crippen molar-refractivity contribution in [3.8, 4) is 0 Å². The largest absolute Gasteiger partial charge is 0.467 e. The molecular weight excluding hydrogens is 292 g/mol. The summed E-state index contributed by atoms with van der Waals surface area (Å²) in [4.78, 5) is 27.6. The van der Waals surface area contributed by atoms with E-state index in [1.165, 1.54) is 7.11 Å². The maximum Gasteiger partial charge on any atom is 0.328 e. The number of amides is 1. The van der Waals surface area contributed by atoms with Gasteiger partial charge in [-0.25, -0.2) is 9.64 Å². The van der Waals surface area contributed by atoms with Crippen molar-refractivity contribution in [1.29, 1.82) is 0 Å². The van der Waals surface area contributed by atoms with Crippen molar-refractivity contribution in [2.45, 2.75) is 12.5 Å². The summed E-state index contributed by atoms with van der Waals surface area (Å²) >= 11 is 0. The number of hydrogen-bond donors (Lipinski definition) is 1. The van der Waals surface area contributed by atoms with Crippen LogP contribution in [0.4, 0.5) is 5.69 Å². The summed E-state index contributed by atoms with van der Waals surface area (Å²) in [7, 11) is 1.28. The van der Waals surface area contributed by atoms with Crippen LogP contribution in [0.25, 0.3) is 4.85 Å². The lowest BCUT2D eigenvalue weighted by Gasteiger charge is -2.17. The van der Waals surface area contributed by atoms with Gasteiger partial charge in [-0.05, 0) is 5.56 Å². The molecule has 0 radical (unpaired) electrons. The van der Waals surface area contributed by atoms with E-state index in [1.54, 1.807) is 24.3 Å². The number of rotatable bonds is 5. The fraction of sp³-hybridized carbons (Fsp3) is 0.167. The fourth-order valence-electron chi connectivity index (χ4n) is 2.18. The summed E-state index contributed by atoms with van der Waals surface area (Å²) < 4.78 is 4.76. The van der Waals surface area contributed by atoms with Crippen LogP contribution < -0.4 is 5.32 Å². The van der Waals surface area contributed by atoms with Crippen LogP contribution in [0.5, 0.6) is 0 Å². The highest BCUT2D eigenvalue weighted by atomic mass is 16.5. The smallest absolute Gasteiger partial charge is 0.328 e. The molecule has 2 rings (SSSR count). The van der Waals surface area contributed by atoms with Crippen LogP contribution in [0, 0.1) is 6.57 Å². The zero-order valence-electron chi connectivity index (χ0n) is 12.7. The lowest BCUT2D eigenvalue weighted by molar-refractivity contribution is -0.142. The summed E-state index contributed by atoms with van der Waals surface area (Å²) in [5.41, 5.74) is 1.39. The molecule has 5 nitrogen and oxygen atoms in total. The summed E-state index contributed by atoms with van der Waals surface area (Å²) in [6.07, 6.45) is 0.319. The third-order valence-electron chi connectivity index (χ3n) is 3.34. The monoisotopic (exact) mass is 308 g/mol. The third-order valence-corrected chi connectivity index (χ3v) is 3.34. The zero-order valence-corrected chi connectivity index (χ0v) is 12.7. The molecule has 0 saturated carbocycles. The minimum atomic E-state index is -0.811. The van der Waals surface area contributed by atoms with E-state index in [2.05, 4.69) is 10.2 Å². The lowest BCUT2D eigenvalue weighted by Crippen LogP contribution is -2.43. The topological polar surface area (TPSA) is 59.8 Å². The van der Waals surface area contributed by atoms with E-state index >= 15 is 0 Å². The third kappa shape index (κ3) is 4.17. The van der Waals surface area contributed by atoms with Crippen molar-refractivity contribution < 1.29 is 14.3 Å². The highest BCUT2D eigenvalue weighted by molar-refractivity contribution is 6.01. The Labute approximate surface area is 134 Å².